The number of ether oxygens (including phenoxy) is 2. The number of pyridine rings is 1. The number of hydrogen-bond donors (Lipinski definition) is 1. The van der Waals surface area contributed by atoms with Crippen LogP contribution < -0.4 is 9.47 Å². The molecule has 0 spiro atoms. The van der Waals surface area contributed by atoms with Gasteiger partial charge in [0.05, 0.1) is 18.4 Å². The number of benzene rings is 2. The van der Waals surface area contributed by atoms with Gasteiger partial charge in [-0.3, -0.25) is 4.98 Å². The fourth-order valence-electron chi connectivity index (χ4n) is 3.98. The van der Waals surface area contributed by atoms with Crippen molar-refractivity contribution in [2.24, 2.45) is 5.10 Å². The van der Waals surface area contributed by atoms with Crippen molar-refractivity contribution in [2.45, 2.75) is 25.6 Å². The largest absolute Gasteiger partial charge is 0.507 e. The van der Waals surface area contributed by atoms with Gasteiger partial charge in [-0.05, 0) is 37.3 Å². The lowest BCUT2D eigenvalue weighted by molar-refractivity contribution is -0.0212. The van der Waals surface area contributed by atoms with Crippen LogP contribution in [0, 0.1) is 0 Å². The molecule has 3 aromatic rings. The molecule has 1 aromatic heterocycles. The molecule has 5 rings (SSSR count). The van der Waals surface area contributed by atoms with E-state index in [0.29, 0.717) is 13.0 Å². The van der Waals surface area contributed by atoms with Gasteiger partial charge >= 0.3 is 0 Å². The second-order valence-corrected chi connectivity index (χ2v) is 7.02. The van der Waals surface area contributed by atoms with Crippen LogP contribution in [0.15, 0.2) is 72.1 Å². The maximum Gasteiger partial charge on any atom is 0.214 e. The molecule has 2 aliphatic heterocycles. The number of hydrazone groups is 1. The third kappa shape index (κ3) is 2.97. The monoisotopic (exact) mass is 387 g/mol. The normalized spacial score (nSPS) is 19.8. The summed E-state index contributed by atoms with van der Waals surface area (Å²) in [7, 11) is 0. The fourth-order valence-corrected chi connectivity index (χ4v) is 3.98. The molecule has 0 radical (unpaired) electrons. The van der Waals surface area contributed by atoms with Gasteiger partial charge in [0.15, 0.2) is 11.5 Å². The van der Waals surface area contributed by atoms with Gasteiger partial charge in [-0.1, -0.05) is 24.3 Å². The van der Waals surface area contributed by atoms with Gasteiger partial charge in [0, 0.05) is 35.5 Å². The molecule has 0 aliphatic carbocycles. The second kappa shape index (κ2) is 7.13. The van der Waals surface area contributed by atoms with E-state index in [1.165, 1.54) is 0 Å². The van der Waals surface area contributed by atoms with Gasteiger partial charge < -0.3 is 14.6 Å². The summed E-state index contributed by atoms with van der Waals surface area (Å²) in [6.45, 7) is 2.53. The minimum Gasteiger partial charge on any atom is -0.507 e. The maximum atomic E-state index is 10.3. The summed E-state index contributed by atoms with van der Waals surface area (Å²) < 4.78 is 12.3. The molecule has 0 unspecified atom stereocenters. The van der Waals surface area contributed by atoms with Crippen molar-refractivity contribution in [1.82, 2.24) is 9.99 Å². The number of nitrogens with zero attached hydrogens (tertiary/aromatic N) is 3. The predicted molar refractivity (Wildman–Crippen MR) is 109 cm³/mol. The smallest absolute Gasteiger partial charge is 0.214 e. The van der Waals surface area contributed by atoms with Crippen molar-refractivity contribution < 1.29 is 14.6 Å². The van der Waals surface area contributed by atoms with Crippen LogP contribution in [0.1, 0.15) is 42.3 Å². The molecule has 6 heteroatoms. The van der Waals surface area contributed by atoms with Crippen molar-refractivity contribution in [2.75, 3.05) is 6.61 Å². The first kappa shape index (κ1) is 17.6. The minimum absolute atomic E-state index is 0.00747. The number of hydrogen-bond acceptors (Lipinski definition) is 6. The van der Waals surface area contributed by atoms with E-state index in [4.69, 9.17) is 14.6 Å². The molecule has 0 saturated heterocycles. The van der Waals surface area contributed by atoms with E-state index < -0.39 is 6.23 Å². The van der Waals surface area contributed by atoms with E-state index in [1.807, 2.05) is 54.4 Å². The average Bonchev–Trinajstić information content (AvgIpc) is 3.20. The Morgan fingerprint density at radius 2 is 1.93 bits per heavy atom. The molecule has 29 heavy (non-hydrogen) atoms. The van der Waals surface area contributed by atoms with Crippen LogP contribution in [0.25, 0.3) is 0 Å². The number of aromatic hydroxyl groups is 1. The van der Waals surface area contributed by atoms with Gasteiger partial charge in [0.2, 0.25) is 6.23 Å². The zero-order chi connectivity index (χ0) is 19.8. The molecule has 0 fully saturated rings. The van der Waals surface area contributed by atoms with E-state index in [2.05, 4.69) is 11.1 Å². The number of fused-ring (bicyclic) bond motifs is 3. The number of aromatic nitrogens is 1. The SMILES string of the molecule is CCOc1cccc2c1O[C@@H](c1ccncc1)N1N=C(c3ccccc3O)C[C@H]21. The van der Waals surface area contributed by atoms with Gasteiger partial charge in [0.1, 0.15) is 5.75 Å². The van der Waals surface area contributed by atoms with Crippen LogP contribution in [-0.2, 0) is 0 Å². The van der Waals surface area contributed by atoms with Crippen LogP contribution in [0.5, 0.6) is 17.2 Å². The number of phenolic OH excluding ortho intramolecular Hbond substituents is 1. The lowest BCUT2D eigenvalue weighted by Gasteiger charge is -2.38. The molecule has 6 nitrogen and oxygen atoms in total. The third-order valence-electron chi connectivity index (χ3n) is 5.29. The molecular weight excluding hydrogens is 366 g/mol. The maximum absolute atomic E-state index is 10.3. The average molecular weight is 387 g/mol. The summed E-state index contributed by atoms with van der Waals surface area (Å²) in [4.78, 5) is 4.12. The molecule has 2 atom stereocenters. The number of phenols is 1. The molecule has 1 N–H and O–H groups in total. The lowest BCUT2D eigenvalue weighted by Crippen LogP contribution is -2.33. The Balaban J connectivity index is 1.63. The summed E-state index contributed by atoms with van der Waals surface area (Å²) in [5.41, 5.74) is 3.59. The third-order valence-corrected chi connectivity index (χ3v) is 5.29. The number of rotatable bonds is 4. The van der Waals surface area contributed by atoms with E-state index >= 15 is 0 Å². The van der Waals surface area contributed by atoms with Crippen LogP contribution in [-0.4, -0.2) is 27.4 Å². The molecule has 2 aromatic carbocycles. The highest BCUT2D eigenvalue weighted by atomic mass is 16.5. The standard InChI is InChI=1S/C23H21N3O3/c1-2-28-21-9-5-7-17-19-14-18(16-6-3-4-8-20(16)27)25-26(19)23(29-22(17)21)15-10-12-24-13-11-15/h3-13,19,23,27H,2,14H2,1H3/t19-,23+/m1/s1. The topological polar surface area (TPSA) is 67.2 Å². The molecule has 0 bridgehead atoms. The van der Waals surface area contributed by atoms with E-state index in [9.17, 15) is 5.11 Å². The molecule has 0 amide bonds. The first-order chi connectivity index (χ1) is 14.3. The zero-order valence-corrected chi connectivity index (χ0v) is 16.0. The van der Waals surface area contributed by atoms with Crippen molar-refractivity contribution in [3.05, 3.63) is 83.7 Å². The van der Waals surface area contributed by atoms with Crippen molar-refractivity contribution in [1.29, 1.82) is 0 Å². The fraction of sp³-hybridized carbons (Fsp3) is 0.217. The Hall–Kier alpha value is -3.54. The van der Waals surface area contributed by atoms with Gasteiger partial charge in [-0.25, -0.2) is 5.01 Å². The zero-order valence-electron chi connectivity index (χ0n) is 16.0. The Kier molecular flexibility index (Phi) is 4.31. The second-order valence-electron chi connectivity index (χ2n) is 7.02. The Morgan fingerprint density at radius 3 is 2.72 bits per heavy atom. The van der Waals surface area contributed by atoms with E-state index in [0.717, 1.165) is 33.9 Å². The van der Waals surface area contributed by atoms with Crippen molar-refractivity contribution >= 4 is 5.71 Å². The van der Waals surface area contributed by atoms with Gasteiger partial charge in [0.25, 0.3) is 0 Å². The highest BCUT2D eigenvalue weighted by molar-refractivity contribution is 6.04. The minimum atomic E-state index is -0.402. The molecule has 2 aliphatic rings. The number of para-hydroxylation sites is 2. The summed E-state index contributed by atoms with van der Waals surface area (Å²) in [6.07, 6.45) is 3.77. The Bertz CT molecular complexity index is 1070. The van der Waals surface area contributed by atoms with E-state index in [1.54, 1.807) is 18.5 Å². The molecule has 146 valence electrons. The van der Waals surface area contributed by atoms with Crippen LogP contribution >= 0.6 is 0 Å². The van der Waals surface area contributed by atoms with Crippen LogP contribution in [0.3, 0.4) is 0 Å². The van der Waals surface area contributed by atoms with Crippen LogP contribution in [0.2, 0.25) is 0 Å². The highest BCUT2D eigenvalue weighted by Crippen LogP contribution is 2.50. The summed E-state index contributed by atoms with van der Waals surface area (Å²) in [6, 6.07) is 17.1. The first-order valence-corrected chi connectivity index (χ1v) is 9.72. The highest BCUT2D eigenvalue weighted by Gasteiger charge is 2.42. The van der Waals surface area contributed by atoms with Gasteiger partial charge in [-0.2, -0.15) is 5.10 Å². The Labute approximate surface area is 169 Å². The molecule has 3 heterocycles. The summed E-state index contributed by atoms with van der Waals surface area (Å²) in [5, 5.41) is 17.2. The van der Waals surface area contributed by atoms with Crippen molar-refractivity contribution in [3.63, 3.8) is 0 Å². The van der Waals surface area contributed by atoms with Crippen LogP contribution in [0.4, 0.5) is 0 Å². The summed E-state index contributed by atoms with van der Waals surface area (Å²) in [5.74, 6) is 1.72. The molecule has 0 saturated carbocycles. The van der Waals surface area contributed by atoms with E-state index in [-0.39, 0.29) is 11.8 Å². The first-order valence-electron chi connectivity index (χ1n) is 9.72. The predicted octanol–water partition coefficient (Wildman–Crippen LogP) is 4.43. The molecular formula is C23H21N3O3. The summed E-state index contributed by atoms with van der Waals surface area (Å²) >= 11 is 0. The van der Waals surface area contributed by atoms with Gasteiger partial charge in [-0.15, -0.1) is 0 Å². The Morgan fingerprint density at radius 1 is 1.10 bits per heavy atom. The lowest BCUT2D eigenvalue weighted by atomic mass is 9.95. The van der Waals surface area contributed by atoms with Crippen molar-refractivity contribution in [3.8, 4) is 17.2 Å². The quantitative estimate of drug-likeness (QED) is 0.717.